The third-order valence-corrected chi connectivity index (χ3v) is 3.04. The number of ether oxygens (including phenoxy) is 1. The number of aliphatic hydroxyl groups is 1. The van der Waals surface area contributed by atoms with Gasteiger partial charge in [0.05, 0.1) is 13.2 Å². The van der Waals surface area contributed by atoms with E-state index in [4.69, 9.17) is 9.84 Å². The second-order valence-electron chi connectivity index (χ2n) is 6.17. The van der Waals surface area contributed by atoms with Gasteiger partial charge in [0.1, 0.15) is 5.60 Å². The molecule has 0 atom stereocenters. The van der Waals surface area contributed by atoms with Crippen LogP contribution in [0.1, 0.15) is 27.2 Å². The van der Waals surface area contributed by atoms with Crippen molar-refractivity contribution < 1.29 is 19.4 Å². The summed E-state index contributed by atoms with van der Waals surface area (Å²) in [7, 11) is 0. The molecule has 1 heterocycles. The van der Waals surface area contributed by atoms with Crippen LogP contribution >= 0.6 is 0 Å². The predicted octanol–water partition coefficient (Wildman–Crippen LogP) is 0.0377. The zero-order valence-corrected chi connectivity index (χ0v) is 13.2. The highest BCUT2D eigenvalue weighted by atomic mass is 16.6. The molecule has 0 unspecified atom stereocenters. The fraction of sp³-hybridized carbons (Fsp3) is 0.857. The van der Waals surface area contributed by atoms with E-state index in [1.165, 1.54) is 0 Å². The third-order valence-electron chi connectivity index (χ3n) is 3.04. The first-order chi connectivity index (χ1) is 9.81. The molecule has 0 spiro atoms. The Bertz CT molecular complexity index is 355. The van der Waals surface area contributed by atoms with Crippen LogP contribution in [-0.2, 0) is 9.53 Å². The lowest BCUT2D eigenvalue weighted by Gasteiger charge is -2.26. The number of rotatable bonds is 4. The zero-order chi connectivity index (χ0) is 15.9. The van der Waals surface area contributed by atoms with Crippen molar-refractivity contribution in [2.45, 2.75) is 32.8 Å². The minimum atomic E-state index is -0.493. The second kappa shape index (κ2) is 8.19. The number of hydrogen-bond donors (Lipinski definition) is 2. The van der Waals surface area contributed by atoms with Gasteiger partial charge >= 0.3 is 6.09 Å². The van der Waals surface area contributed by atoms with Crippen LogP contribution in [0.5, 0.6) is 0 Å². The van der Waals surface area contributed by atoms with Crippen LogP contribution in [0.25, 0.3) is 0 Å². The first-order valence-electron chi connectivity index (χ1n) is 7.39. The average molecular weight is 301 g/mol. The summed E-state index contributed by atoms with van der Waals surface area (Å²) in [4.78, 5) is 27.3. The Morgan fingerprint density at radius 1 is 1.19 bits per heavy atom. The van der Waals surface area contributed by atoms with Crippen molar-refractivity contribution in [3.8, 4) is 0 Å². The van der Waals surface area contributed by atoms with Crippen molar-refractivity contribution in [2.24, 2.45) is 0 Å². The summed E-state index contributed by atoms with van der Waals surface area (Å²) in [6.45, 7) is 8.67. The van der Waals surface area contributed by atoms with Crippen molar-refractivity contribution in [1.82, 2.24) is 15.1 Å². The first-order valence-corrected chi connectivity index (χ1v) is 7.39. The molecule has 0 radical (unpaired) electrons. The Hall–Kier alpha value is -1.34. The lowest BCUT2D eigenvalue weighted by molar-refractivity contribution is -0.122. The Labute approximate surface area is 126 Å². The molecule has 7 nitrogen and oxygen atoms in total. The van der Waals surface area contributed by atoms with E-state index in [0.29, 0.717) is 26.2 Å². The number of hydrogen-bond acceptors (Lipinski definition) is 5. The maximum atomic E-state index is 12.0. The van der Waals surface area contributed by atoms with Crippen LogP contribution in [0.2, 0.25) is 0 Å². The molecule has 2 amide bonds. The number of carbonyl (C=O) groups excluding carboxylic acids is 2. The molecule has 1 fully saturated rings. The van der Waals surface area contributed by atoms with Crippen LogP contribution in [0.15, 0.2) is 0 Å². The molecule has 0 bridgehead atoms. The van der Waals surface area contributed by atoms with Gasteiger partial charge in [0, 0.05) is 32.7 Å². The van der Waals surface area contributed by atoms with Crippen LogP contribution in [0.3, 0.4) is 0 Å². The lowest BCUT2D eigenvalue weighted by atomic mass is 10.2. The molecule has 1 rings (SSSR count). The number of aliphatic hydroxyl groups excluding tert-OH is 1. The summed E-state index contributed by atoms with van der Waals surface area (Å²) in [5.41, 5.74) is -0.493. The van der Waals surface area contributed by atoms with Gasteiger partial charge < -0.3 is 20.1 Å². The van der Waals surface area contributed by atoms with E-state index >= 15 is 0 Å². The SMILES string of the molecule is CC(C)(C)OC(=O)N1CCCN(CC(=O)NCCO)CC1. The summed E-state index contributed by atoms with van der Waals surface area (Å²) in [6.07, 6.45) is 0.515. The van der Waals surface area contributed by atoms with E-state index < -0.39 is 5.60 Å². The molecule has 21 heavy (non-hydrogen) atoms. The van der Waals surface area contributed by atoms with Crippen LogP contribution < -0.4 is 5.32 Å². The molecule has 0 saturated carbocycles. The van der Waals surface area contributed by atoms with Crippen LogP contribution in [0.4, 0.5) is 4.79 Å². The number of carbonyl (C=O) groups is 2. The third kappa shape index (κ3) is 7.29. The highest BCUT2D eigenvalue weighted by Crippen LogP contribution is 2.12. The first kappa shape index (κ1) is 17.7. The van der Waals surface area contributed by atoms with Gasteiger partial charge in [-0.25, -0.2) is 4.79 Å². The van der Waals surface area contributed by atoms with E-state index in [0.717, 1.165) is 13.0 Å². The Morgan fingerprint density at radius 2 is 1.90 bits per heavy atom. The van der Waals surface area contributed by atoms with E-state index in [2.05, 4.69) is 5.32 Å². The molecule has 7 heteroatoms. The predicted molar refractivity (Wildman–Crippen MR) is 79.0 cm³/mol. The number of nitrogens with zero attached hydrogens (tertiary/aromatic N) is 2. The molecule has 2 N–H and O–H groups in total. The van der Waals surface area contributed by atoms with E-state index in [1.807, 2.05) is 25.7 Å². The molecule has 1 saturated heterocycles. The van der Waals surface area contributed by atoms with Crippen LogP contribution in [-0.4, -0.2) is 78.4 Å². The van der Waals surface area contributed by atoms with Crippen molar-refractivity contribution in [1.29, 1.82) is 0 Å². The van der Waals surface area contributed by atoms with Gasteiger partial charge in [-0.1, -0.05) is 0 Å². The lowest BCUT2D eigenvalue weighted by Crippen LogP contribution is -2.41. The largest absolute Gasteiger partial charge is 0.444 e. The number of amides is 2. The van der Waals surface area contributed by atoms with E-state index in [-0.39, 0.29) is 25.2 Å². The monoisotopic (exact) mass is 301 g/mol. The summed E-state index contributed by atoms with van der Waals surface area (Å²) >= 11 is 0. The van der Waals surface area contributed by atoms with Gasteiger partial charge in [0.15, 0.2) is 0 Å². The Kier molecular flexibility index (Phi) is 6.91. The second-order valence-corrected chi connectivity index (χ2v) is 6.17. The van der Waals surface area contributed by atoms with E-state index in [1.54, 1.807) is 4.90 Å². The molecule has 0 aromatic heterocycles. The Morgan fingerprint density at radius 3 is 2.52 bits per heavy atom. The fourth-order valence-electron chi connectivity index (χ4n) is 2.09. The summed E-state index contributed by atoms with van der Waals surface area (Å²) in [6, 6.07) is 0. The molecular formula is C14H27N3O4. The van der Waals surface area contributed by atoms with Gasteiger partial charge in [0.2, 0.25) is 5.91 Å². The van der Waals surface area contributed by atoms with Gasteiger partial charge in [-0.15, -0.1) is 0 Å². The standard InChI is InChI=1S/C14H27N3O4/c1-14(2,3)21-13(20)17-7-4-6-16(8-9-17)11-12(19)15-5-10-18/h18H,4-11H2,1-3H3,(H,15,19). The molecule has 1 aliphatic rings. The fourth-order valence-corrected chi connectivity index (χ4v) is 2.09. The average Bonchev–Trinajstić information content (AvgIpc) is 2.60. The van der Waals surface area contributed by atoms with E-state index in [9.17, 15) is 9.59 Å². The normalized spacial score (nSPS) is 17.2. The van der Waals surface area contributed by atoms with Gasteiger partial charge in [-0.05, 0) is 27.2 Å². The van der Waals surface area contributed by atoms with Crippen molar-refractivity contribution in [2.75, 3.05) is 45.9 Å². The molecular weight excluding hydrogens is 274 g/mol. The quantitative estimate of drug-likeness (QED) is 0.766. The summed E-state index contributed by atoms with van der Waals surface area (Å²) < 4.78 is 5.36. The smallest absolute Gasteiger partial charge is 0.410 e. The molecule has 0 aromatic carbocycles. The Balaban J connectivity index is 2.39. The highest BCUT2D eigenvalue weighted by Gasteiger charge is 2.24. The number of nitrogens with one attached hydrogen (secondary N) is 1. The maximum Gasteiger partial charge on any atom is 0.410 e. The minimum absolute atomic E-state index is 0.0574. The molecule has 122 valence electrons. The summed E-state index contributed by atoms with van der Waals surface area (Å²) in [5, 5.41) is 11.3. The highest BCUT2D eigenvalue weighted by molar-refractivity contribution is 5.78. The van der Waals surface area contributed by atoms with Gasteiger partial charge in [-0.3, -0.25) is 9.69 Å². The van der Waals surface area contributed by atoms with Gasteiger partial charge in [0.25, 0.3) is 0 Å². The van der Waals surface area contributed by atoms with Gasteiger partial charge in [-0.2, -0.15) is 0 Å². The maximum absolute atomic E-state index is 12.0. The van der Waals surface area contributed by atoms with Crippen molar-refractivity contribution in [3.05, 3.63) is 0 Å². The summed E-state index contributed by atoms with van der Waals surface area (Å²) in [5.74, 6) is -0.102. The minimum Gasteiger partial charge on any atom is -0.444 e. The van der Waals surface area contributed by atoms with Crippen molar-refractivity contribution in [3.63, 3.8) is 0 Å². The van der Waals surface area contributed by atoms with Crippen molar-refractivity contribution >= 4 is 12.0 Å². The van der Waals surface area contributed by atoms with Crippen LogP contribution in [0, 0.1) is 0 Å². The molecule has 1 aliphatic heterocycles. The topological polar surface area (TPSA) is 82.1 Å². The molecule has 0 aliphatic carbocycles. The molecule has 0 aromatic rings. The zero-order valence-electron chi connectivity index (χ0n) is 13.2.